The van der Waals surface area contributed by atoms with E-state index in [-0.39, 0.29) is 18.6 Å². The van der Waals surface area contributed by atoms with Gasteiger partial charge in [-0.2, -0.15) is 0 Å². The Hall–Kier alpha value is -0.680. The molecule has 1 aliphatic heterocycles. The van der Waals surface area contributed by atoms with Gasteiger partial charge in [0.25, 0.3) is 5.91 Å². The molecule has 7 heteroatoms. The van der Waals surface area contributed by atoms with Gasteiger partial charge in [-0.15, -0.1) is 0 Å². The van der Waals surface area contributed by atoms with E-state index in [4.69, 9.17) is 39.5 Å². The van der Waals surface area contributed by atoms with E-state index in [9.17, 15) is 4.79 Å². The van der Waals surface area contributed by atoms with Gasteiger partial charge in [0.2, 0.25) is 0 Å². The number of rotatable bonds is 5. The van der Waals surface area contributed by atoms with Crippen LogP contribution in [0, 0.1) is 0 Å². The van der Waals surface area contributed by atoms with E-state index in [1.165, 1.54) is 12.1 Å². The average molecular weight is 380 g/mol. The van der Waals surface area contributed by atoms with Crippen LogP contribution in [0.4, 0.5) is 0 Å². The zero-order chi connectivity index (χ0) is 17.0. The zero-order valence-corrected chi connectivity index (χ0v) is 15.6. The van der Waals surface area contributed by atoms with Crippen LogP contribution in [0.5, 0.6) is 5.75 Å². The minimum absolute atomic E-state index is 0.0673. The lowest BCUT2D eigenvalue weighted by molar-refractivity contribution is -0.135. The minimum Gasteiger partial charge on any atom is -0.482 e. The number of likely N-dealkylation sites (tertiary alicyclic amines) is 1. The number of carbonyl (C=O) groups excluding carboxylic acids is 1. The van der Waals surface area contributed by atoms with Crippen molar-refractivity contribution in [1.82, 2.24) is 9.80 Å². The molecule has 1 aliphatic rings. The maximum atomic E-state index is 12.3. The van der Waals surface area contributed by atoms with Crippen LogP contribution < -0.4 is 4.74 Å². The Bertz CT molecular complexity index is 561. The third kappa shape index (κ3) is 4.90. The van der Waals surface area contributed by atoms with Gasteiger partial charge >= 0.3 is 0 Å². The molecule has 128 valence electrons. The number of piperidine rings is 1. The quantitative estimate of drug-likeness (QED) is 0.726. The molecule has 0 atom stereocenters. The van der Waals surface area contributed by atoms with Crippen LogP contribution in [0.3, 0.4) is 0 Å². The van der Waals surface area contributed by atoms with Crippen molar-refractivity contribution in [3.8, 4) is 5.75 Å². The lowest BCUT2D eigenvalue weighted by atomic mass is 10.0. The second kappa shape index (κ2) is 8.43. The molecule has 1 saturated heterocycles. The number of ether oxygens (including phenoxy) is 1. The first-order valence-corrected chi connectivity index (χ1v) is 8.81. The van der Waals surface area contributed by atoms with Crippen molar-refractivity contribution < 1.29 is 9.53 Å². The van der Waals surface area contributed by atoms with Crippen LogP contribution in [0.1, 0.15) is 19.8 Å². The van der Waals surface area contributed by atoms with E-state index in [2.05, 4.69) is 11.8 Å². The Morgan fingerprint density at radius 1 is 1.22 bits per heavy atom. The average Bonchev–Trinajstić information content (AvgIpc) is 2.56. The second-order valence-electron chi connectivity index (χ2n) is 5.66. The van der Waals surface area contributed by atoms with Crippen LogP contribution in [0.25, 0.3) is 0 Å². The lowest BCUT2D eigenvalue weighted by Crippen LogP contribution is -2.46. The first-order chi connectivity index (χ1) is 10.9. The highest BCUT2D eigenvalue weighted by molar-refractivity contribution is 6.43. The highest BCUT2D eigenvalue weighted by Crippen LogP contribution is 2.33. The summed E-state index contributed by atoms with van der Waals surface area (Å²) in [5, 5.41) is 1.04. The fourth-order valence-electron chi connectivity index (χ4n) is 2.68. The zero-order valence-electron chi connectivity index (χ0n) is 13.3. The van der Waals surface area contributed by atoms with Gasteiger partial charge < -0.3 is 14.5 Å². The number of carbonyl (C=O) groups is 1. The summed E-state index contributed by atoms with van der Waals surface area (Å²) < 4.78 is 5.51. The Kier molecular flexibility index (Phi) is 6.84. The van der Waals surface area contributed by atoms with Crippen LogP contribution in [0.15, 0.2) is 12.1 Å². The number of nitrogens with zero attached hydrogens (tertiary/aromatic N) is 2. The Labute approximate surface area is 152 Å². The van der Waals surface area contributed by atoms with E-state index in [0.29, 0.717) is 20.8 Å². The molecular weight excluding hydrogens is 359 g/mol. The smallest absolute Gasteiger partial charge is 0.260 e. The number of likely N-dealkylation sites (N-methyl/N-ethyl adjacent to an activating group) is 1. The number of amides is 1. The standard InChI is InChI=1S/C16H21Cl3N2O2/c1-3-21-6-4-11(5-7-21)20(2)16(22)10-23-15-9-13(18)12(17)8-14(15)19/h8-9,11H,3-7,10H2,1-2H3. The van der Waals surface area contributed by atoms with Gasteiger partial charge in [-0.3, -0.25) is 4.79 Å². The molecule has 0 N–H and O–H groups in total. The molecule has 1 aromatic rings. The minimum atomic E-state index is -0.0675. The van der Waals surface area contributed by atoms with Crippen LogP contribution in [-0.4, -0.2) is 55.0 Å². The van der Waals surface area contributed by atoms with Crippen LogP contribution in [-0.2, 0) is 4.79 Å². The molecule has 1 aromatic carbocycles. The molecule has 0 aliphatic carbocycles. The largest absolute Gasteiger partial charge is 0.482 e. The number of halogens is 3. The topological polar surface area (TPSA) is 32.8 Å². The molecule has 0 bridgehead atoms. The molecule has 0 unspecified atom stereocenters. The number of hydrogen-bond acceptors (Lipinski definition) is 3. The highest BCUT2D eigenvalue weighted by atomic mass is 35.5. The van der Waals surface area contributed by atoms with Crippen molar-refractivity contribution in [2.24, 2.45) is 0 Å². The Balaban J connectivity index is 1.88. The van der Waals surface area contributed by atoms with Crippen molar-refractivity contribution in [2.75, 3.05) is 33.3 Å². The molecule has 23 heavy (non-hydrogen) atoms. The van der Waals surface area contributed by atoms with E-state index in [0.717, 1.165) is 32.5 Å². The monoisotopic (exact) mass is 378 g/mol. The molecular formula is C16H21Cl3N2O2. The highest BCUT2D eigenvalue weighted by Gasteiger charge is 2.25. The fraction of sp³-hybridized carbons (Fsp3) is 0.562. The normalized spacial score (nSPS) is 16.4. The first kappa shape index (κ1) is 18.7. The van der Waals surface area contributed by atoms with Gasteiger partial charge in [-0.25, -0.2) is 0 Å². The predicted octanol–water partition coefficient (Wildman–Crippen LogP) is 3.97. The Morgan fingerprint density at radius 2 is 1.83 bits per heavy atom. The van der Waals surface area contributed by atoms with Gasteiger partial charge in [0, 0.05) is 32.2 Å². The van der Waals surface area contributed by atoms with Gasteiger partial charge in [-0.1, -0.05) is 41.7 Å². The summed E-state index contributed by atoms with van der Waals surface area (Å²) in [4.78, 5) is 16.5. The molecule has 1 fully saturated rings. The second-order valence-corrected chi connectivity index (χ2v) is 6.88. The van der Waals surface area contributed by atoms with Crippen LogP contribution >= 0.6 is 34.8 Å². The SMILES string of the molecule is CCN1CCC(N(C)C(=O)COc2cc(Cl)c(Cl)cc2Cl)CC1. The summed E-state index contributed by atoms with van der Waals surface area (Å²) in [5.41, 5.74) is 0. The molecule has 0 saturated carbocycles. The maximum absolute atomic E-state index is 12.3. The lowest BCUT2D eigenvalue weighted by Gasteiger charge is -2.36. The molecule has 2 rings (SSSR count). The van der Waals surface area contributed by atoms with Gasteiger partial charge in [0.15, 0.2) is 6.61 Å². The summed E-state index contributed by atoms with van der Waals surface area (Å²) in [6.07, 6.45) is 1.98. The van der Waals surface area contributed by atoms with Crippen molar-refractivity contribution in [3.05, 3.63) is 27.2 Å². The third-order valence-corrected chi connectivity index (χ3v) is 5.29. The number of hydrogen-bond donors (Lipinski definition) is 0. The van der Waals surface area contributed by atoms with Crippen molar-refractivity contribution >= 4 is 40.7 Å². The van der Waals surface area contributed by atoms with Gasteiger partial charge in [0.1, 0.15) is 5.75 Å². The third-order valence-electron chi connectivity index (χ3n) is 4.27. The maximum Gasteiger partial charge on any atom is 0.260 e. The van der Waals surface area contributed by atoms with Gasteiger partial charge in [0.05, 0.1) is 15.1 Å². The molecule has 4 nitrogen and oxygen atoms in total. The predicted molar refractivity (Wildman–Crippen MR) is 94.9 cm³/mol. The summed E-state index contributed by atoms with van der Waals surface area (Å²) >= 11 is 17.9. The van der Waals surface area contributed by atoms with Gasteiger partial charge in [-0.05, 0) is 25.5 Å². The van der Waals surface area contributed by atoms with E-state index < -0.39 is 0 Å². The van der Waals surface area contributed by atoms with Crippen LogP contribution in [0.2, 0.25) is 15.1 Å². The molecule has 0 spiro atoms. The fourth-order valence-corrected chi connectivity index (χ4v) is 3.27. The summed E-state index contributed by atoms with van der Waals surface area (Å²) in [6.45, 7) is 5.20. The summed E-state index contributed by atoms with van der Waals surface area (Å²) in [6, 6.07) is 3.30. The first-order valence-electron chi connectivity index (χ1n) is 7.67. The number of benzene rings is 1. The van der Waals surface area contributed by atoms with Crippen molar-refractivity contribution in [1.29, 1.82) is 0 Å². The molecule has 1 amide bonds. The Morgan fingerprint density at radius 3 is 2.43 bits per heavy atom. The van der Waals surface area contributed by atoms with E-state index >= 15 is 0 Å². The summed E-state index contributed by atoms with van der Waals surface area (Å²) in [5.74, 6) is 0.297. The van der Waals surface area contributed by atoms with E-state index in [1.807, 2.05) is 7.05 Å². The van der Waals surface area contributed by atoms with Crippen molar-refractivity contribution in [2.45, 2.75) is 25.8 Å². The van der Waals surface area contributed by atoms with Crippen molar-refractivity contribution in [3.63, 3.8) is 0 Å². The molecule has 0 aromatic heterocycles. The summed E-state index contributed by atoms with van der Waals surface area (Å²) in [7, 11) is 1.83. The molecule has 1 heterocycles. The molecule has 0 radical (unpaired) electrons. The van der Waals surface area contributed by atoms with E-state index in [1.54, 1.807) is 4.90 Å².